The molecule has 0 radical (unpaired) electrons. The van der Waals surface area contributed by atoms with E-state index in [0.717, 1.165) is 6.42 Å². The lowest BCUT2D eigenvalue weighted by Gasteiger charge is -2.27. The monoisotopic (exact) mass is 397 g/mol. The van der Waals surface area contributed by atoms with Crippen LogP contribution in [-0.4, -0.2) is 57.5 Å². The van der Waals surface area contributed by atoms with Crippen molar-refractivity contribution in [2.24, 2.45) is 11.7 Å². The van der Waals surface area contributed by atoms with Gasteiger partial charge in [0.05, 0.1) is 18.1 Å². The Bertz CT molecular complexity index is 743. The topological polar surface area (TPSA) is 102 Å². The molecular weight excluding hydrogens is 366 g/mol. The quantitative estimate of drug-likeness (QED) is 0.690. The lowest BCUT2D eigenvalue weighted by molar-refractivity contribution is 0.0730. The first kappa shape index (κ1) is 21.8. The Kier molecular flexibility index (Phi) is 7.79. The van der Waals surface area contributed by atoms with Crippen molar-refractivity contribution >= 4 is 15.9 Å². The van der Waals surface area contributed by atoms with Crippen molar-refractivity contribution in [2.75, 3.05) is 32.8 Å². The standard InChI is InChI=1S/C19H31N3O4S/c1-4-15-5-6-16(19(23)21-17(13-20)11-14(2)3)12-18(15)27(24,25)22-7-9-26-10-8-22/h5-6,12,14,17H,4,7-11,13,20H2,1-3H3,(H,21,23). The number of carbonyl (C=O) groups is 1. The van der Waals surface area contributed by atoms with Gasteiger partial charge in [0.2, 0.25) is 10.0 Å². The van der Waals surface area contributed by atoms with Gasteiger partial charge < -0.3 is 15.8 Å². The number of nitrogens with two attached hydrogens (primary N) is 1. The molecule has 1 saturated heterocycles. The molecule has 1 aromatic rings. The predicted molar refractivity (Wildman–Crippen MR) is 105 cm³/mol. The third kappa shape index (κ3) is 5.51. The fourth-order valence-corrected chi connectivity index (χ4v) is 4.93. The molecule has 0 saturated carbocycles. The number of nitrogens with one attached hydrogen (secondary N) is 1. The van der Waals surface area contributed by atoms with Crippen LogP contribution >= 0.6 is 0 Å². The van der Waals surface area contributed by atoms with Crippen LogP contribution in [0, 0.1) is 5.92 Å². The van der Waals surface area contributed by atoms with Gasteiger partial charge in [-0.05, 0) is 36.5 Å². The van der Waals surface area contributed by atoms with Crippen LogP contribution in [0.5, 0.6) is 0 Å². The van der Waals surface area contributed by atoms with Crippen LogP contribution in [0.3, 0.4) is 0 Å². The molecule has 8 heteroatoms. The van der Waals surface area contributed by atoms with Gasteiger partial charge in [-0.3, -0.25) is 4.79 Å². The van der Waals surface area contributed by atoms with Gasteiger partial charge in [0.25, 0.3) is 5.91 Å². The van der Waals surface area contributed by atoms with Gasteiger partial charge in [0.15, 0.2) is 0 Å². The molecular formula is C19H31N3O4S. The molecule has 0 aliphatic carbocycles. The third-order valence-electron chi connectivity index (χ3n) is 4.67. The third-order valence-corrected chi connectivity index (χ3v) is 6.65. The number of hydrogen-bond donors (Lipinski definition) is 2. The number of ether oxygens (including phenoxy) is 1. The van der Waals surface area contributed by atoms with Gasteiger partial charge in [0.1, 0.15) is 0 Å². The van der Waals surface area contributed by atoms with Crippen LogP contribution in [-0.2, 0) is 21.2 Å². The summed E-state index contributed by atoms with van der Waals surface area (Å²) in [6.07, 6.45) is 1.34. The fourth-order valence-electron chi connectivity index (χ4n) is 3.21. The van der Waals surface area contributed by atoms with Crippen molar-refractivity contribution in [3.63, 3.8) is 0 Å². The van der Waals surface area contributed by atoms with Gasteiger partial charge in [-0.2, -0.15) is 4.31 Å². The molecule has 0 spiro atoms. The van der Waals surface area contributed by atoms with Crippen LogP contribution in [0.15, 0.2) is 23.1 Å². The zero-order valence-electron chi connectivity index (χ0n) is 16.4. The molecule has 27 heavy (non-hydrogen) atoms. The van der Waals surface area contributed by atoms with E-state index < -0.39 is 10.0 Å². The zero-order valence-corrected chi connectivity index (χ0v) is 17.2. The number of hydrogen-bond acceptors (Lipinski definition) is 5. The van der Waals surface area contributed by atoms with E-state index in [4.69, 9.17) is 10.5 Å². The highest BCUT2D eigenvalue weighted by atomic mass is 32.2. The van der Waals surface area contributed by atoms with Crippen LogP contribution in [0.2, 0.25) is 0 Å². The zero-order chi connectivity index (χ0) is 20.0. The first-order valence-corrected chi connectivity index (χ1v) is 10.9. The maximum Gasteiger partial charge on any atom is 0.251 e. The summed E-state index contributed by atoms with van der Waals surface area (Å²) >= 11 is 0. The van der Waals surface area contributed by atoms with E-state index in [1.165, 1.54) is 10.4 Å². The van der Waals surface area contributed by atoms with E-state index >= 15 is 0 Å². The lowest BCUT2D eigenvalue weighted by atomic mass is 10.0. The number of sulfonamides is 1. The Morgan fingerprint density at radius 1 is 1.30 bits per heavy atom. The highest BCUT2D eigenvalue weighted by molar-refractivity contribution is 7.89. The van der Waals surface area contributed by atoms with Crippen LogP contribution in [0.4, 0.5) is 0 Å². The number of nitrogens with zero attached hydrogens (tertiary/aromatic N) is 1. The summed E-state index contributed by atoms with van der Waals surface area (Å²) in [5, 5.41) is 2.92. The molecule has 1 heterocycles. The highest BCUT2D eigenvalue weighted by Crippen LogP contribution is 2.23. The van der Waals surface area contributed by atoms with Crippen LogP contribution in [0.25, 0.3) is 0 Å². The molecule has 1 aliphatic heterocycles. The molecule has 1 atom stereocenters. The smallest absolute Gasteiger partial charge is 0.251 e. The number of carbonyl (C=O) groups excluding carboxylic acids is 1. The molecule has 7 nitrogen and oxygen atoms in total. The first-order chi connectivity index (χ1) is 12.8. The van der Waals surface area contributed by atoms with E-state index in [9.17, 15) is 13.2 Å². The molecule has 0 aromatic heterocycles. The molecule has 1 fully saturated rings. The second-order valence-electron chi connectivity index (χ2n) is 7.23. The summed E-state index contributed by atoms with van der Waals surface area (Å²) in [6, 6.07) is 4.75. The molecule has 1 unspecified atom stereocenters. The van der Waals surface area contributed by atoms with Crippen molar-refractivity contribution in [3.05, 3.63) is 29.3 Å². The summed E-state index contributed by atoms with van der Waals surface area (Å²) in [5.41, 5.74) is 6.80. The number of benzene rings is 1. The minimum absolute atomic E-state index is 0.136. The lowest BCUT2D eigenvalue weighted by Crippen LogP contribution is -2.42. The van der Waals surface area contributed by atoms with E-state index in [0.29, 0.717) is 56.3 Å². The van der Waals surface area contributed by atoms with E-state index in [2.05, 4.69) is 19.2 Å². The molecule has 1 amide bonds. The van der Waals surface area contributed by atoms with Crippen molar-refractivity contribution in [2.45, 2.75) is 44.6 Å². The van der Waals surface area contributed by atoms with Crippen molar-refractivity contribution in [1.29, 1.82) is 0 Å². The van der Waals surface area contributed by atoms with Crippen molar-refractivity contribution < 1.29 is 17.9 Å². The molecule has 2 rings (SSSR count). The highest BCUT2D eigenvalue weighted by Gasteiger charge is 2.29. The van der Waals surface area contributed by atoms with Crippen LogP contribution < -0.4 is 11.1 Å². The predicted octanol–water partition coefficient (Wildman–Crippen LogP) is 1.37. The molecule has 1 aliphatic rings. The number of amides is 1. The summed E-state index contributed by atoms with van der Waals surface area (Å²) in [7, 11) is -3.67. The van der Waals surface area contributed by atoms with Gasteiger partial charge in [-0.15, -0.1) is 0 Å². The minimum atomic E-state index is -3.67. The summed E-state index contributed by atoms with van der Waals surface area (Å²) in [6.45, 7) is 7.80. The van der Waals surface area contributed by atoms with E-state index in [1.54, 1.807) is 12.1 Å². The van der Waals surface area contributed by atoms with Gasteiger partial charge in [-0.25, -0.2) is 8.42 Å². The van der Waals surface area contributed by atoms with E-state index in [1.807, 2.05) is 6.92 Å². The van der Waals surface area contributed by atoms with Gasteiger partial charge in [-0.1, -0.05) is 26.8 Å². The summed E-state index contributed by atoms with van der Waals surface area (Å²) in [5.74, 6) is 0.103. The average Bonchev–Trinajstić information content (AvgIpc) is 2.67. The Labute approximate surface area is 162 Å². The first-order valence-electron chi connectivity index (χ1n) is 9.51. The normalized spacial score (nSPS) is 17.1. The molecule has 1 aromatic carbocycles. The largest absolute Gasteiger partial charge is 0.379 e. The minimum Gasteiger partial charge on any atom is -0.379 e. The maximum absolute atomic E-state index is 13.1. The van der Waals surface area contributed by atoms with Gasteiger partial charge >= 0.3 is 0 Å². The van der Waals surface area contributed by atoms with Gasteiger partial charge in [0, 0.05) is 31.2 Å². The average molecular weight is 398 g/mol. The Morgan fingerprint density at radius 3 is 2.52 bits per heavy atom. The van der Waals surface area contributed by atoms with Crippen molar-refractivity contribution in [1.82, 2.24) is 9.62 Å². The Morgan fingerprint density at radius 2 is 1.96 bits per heavy atom. The number of aryl methyl sites for hydroxylation is 1. The number of morpholine rings is 1. The maximum atomic E-state index is 13.1. The Balaban J connectivity index is 2.30. The summed E-state index contributed by atoms with van der Waals surface area (Å²) in [4.78, 5) is 12.9. The second kappa shape index (κ2) is 9.64. The SMILES string of the molecule is CCc1ccc(C(=O)NC(CN)CC(C)C)cc1S(=O)(=O)N1CCOCC1. The van der Waals surface area contributed by atoms with Crippen molar-refractivity contribution in [3.8, 4) is 0 Å². The second-order valence-corrected chi connectivity index (χ2v) is 9.13. The summed E-state index contributed by atoms with van der Waals surface area (Å²) < 4.78 is 32.8. The molecule has 0 bridgehead atoms. The van der Waals surface area contributed by atoms with E-state index in [-0.39, 0.29) is 16.8 Å². The number of rotatable bonds is 8. The Hall–Kier alpha value is -1.48. The fraction of sp³-hybridized carbons (Fsp3) is 0.632. The molecule has 152 valence electrons. The van der Waals surface area contributed by atoms with Crippen LogP contribution in [0.1, 0.15) is 43.1 Å². The molecule has 3 N–H and O–H groups in total.